The van der Waals surface area contributed by atoms with Crippen LogP contribution in [0.25, 0.3) is 0 Å². The minimum absolute atomic E-state index is 0.321. The fourth-order valence-corrected chi connectivity index (χ4v) is 0.677. The number of rotatable bonds is 4. The van der Waals surface area contributed by atoms with Gasteiger partial charge in [-0.05, 0) is 25.3 Å². The minimum atomic E-state index is -1.07. The zero-order chi connectivity index (χ0) is 8.91. The molecule has 0 spiro atoms. The predicted molar refractivity (Wildman–Crippen MR) is 45.6 cm³/mol. The standard InChI is InChI=1S/C6H17N5/c7-5(8)3-1-2-4-6(9,10)11/h3H,1-2,4,7-11H2. The molecule has 0 aliphatic rings. The van der Waals surface area contributed by atoms with Crippen molar-refractivity contribution in [1.82, 2.24) is 0 Å². The Balaban J connectivity index is 3.36. The molecular weight excluding hydrogens is 142 g/mol. The first-order valence-corrected chi connectivity index (χ1v) is 3.49. The average Bonchev–Trinajstić information content (AvgIpc) is 1.78. The highest BCUT2D eigenvalue weighted by molar-refractivity contribution is 4.89. The topological polar surface area (TPSA) is 130 Å². The predicted octanol–water partition coefficient (Wildman–Crippen LogP) is -1.55. The van der Waals surface area contributed by atoms with Gasteiger partial charge in [0.25, 0.3) is 0 Å². The molecule has 0 bridgehead atoms. The van der Waals surface area contributed by atoms with Gasteiger partial charge in [-0.25, -0.2) is 0 Å². The van der Waals surface area contributed by atoms with Gasteiger partial charge in [-0.2, -0.15) is 0 Å². The SMILES string of the molecule is NC(N)=CCCCC(N)(N)N. The van der Waals surface area contributed by atoms with Gasteiger partial charge in [-0.3, -0.25) is 0 Å². The van der Waals surface area contributed by atoms with Gasteiger partial charge in [0.1, 0.15) is 5.79 Å². The highest BCUT2D eigenvalue weighted by Gasteiger charge is 2.09. The summed E-state index contributed by atoms with van der Waals surface area (Å²) < 4.78 is 0. The third-order valence-electron chi connectivity index (χ3n) is 1.19. The molecule has 5 heteroatoms. The molecule has 10 N–H and O–H groups in total. The summed E-state index contributed by atoms with van der Waals surface area (Å²) in [4.78, 5) is 0. The molecule has 0 saturated carbocycles. The molecule has 0 amide bonds. The molecule has 0 unspecified atom stereocenters. The van der Waals surface area contributed by atoms with E-state index in [1.54, 1.807) is 6.08 Å². The summed E-state index contributed by atoms with van der Waals surface area (Å²) >= 11 is 0. The van der Waals surface area contributed by atoms with E-state index in [-0.39, 0.29) is 0 Å². The van der Waals surface area contributed by atoms with E-state index >= 15 is 0 Å². The Hall–Kier alpha value is -0.780. The summed E-state index contributed by atoms with van der Waals surface area (Å²) in [7, 11) is 0. The van der Waals surface area contributed by atoms with E-state index in [2.05, 4.69) is 0 Å². The van der Waals surface area contributed by atoms with E-state index in [4.69, 9.17) is 28.7 Å². The van der Waals surface area contributed by atoms with Gasteiger partial charge in [-0.15, -0.1) is 0 Å². The molecule has 66 valence electrons. The maximum Gasteiger partial charge on any atom is 0.115 e. The minimum Gasteiger partial charge on any atom is -0.386 e. The van der Waals surface area contributed by atoms with E-state index in [9.17, 15) is 0 Å². The van der Waals surface area contributed by atoms with Crippen LogP contribution >= 0.6 is 0 Å². The largest absolute Gasteiger partial charge is 0.386 e. The van der Waals surface area contributed by atoms with Gasteiger partial charge in [-0.1, -0.05) is 0 Å². The van der Waals surface area contributed by atoms with Crippen LogP contribution in [0.4, 0.5) is 0 Å². The molecule has 0 aliphatic heterocycles. The lowest BCUT2D eigenvalue weighted by molar-refractivity contribution is 0.413. The molecule has 0 heterocycles. The molecule has 0 aliphatic carbocycles. The van der Waals surface area contributed by atoms with E-state index in [1.807, 2.05) is 0 Å². The Bertz CT molecular complexity index is 130. The highest BCUT2D eigenvalue weighted by atomic mass is 15.1. The maximum absolute atomic E-state index is 5.32. The first-order valence-electron chi connectivity index (χ1n) is 3.49. The quantitative estimate of drug-likeness (QED) is 0.250. The second-order valence-corrected chi connectivity index (χ2v) is 2.71. The molecule has 0 saturated heterocycles. The van der Waals surface area contributed by atoms with Crippen molar-refractivity contribution in [2.45, 2.75) is 25.0 Å². The van der Waals surface area contributed by atoms with E-state index in [0.29, 0.717) is 12.2 Å². The summed E-state index contributed by atoms with van der Waals surface area (Å²) in [5.74, 6) is -0.751. The molecule has 0 radical (unpaired) electrons. The van der Waals surface area contributed by atoms with Gasteiger partial charge >= 0.3 is 0 Å². The van der Waals surface area contributed by atoms with Crippen molar-refractivity contribution >= 4 is 0 Å². The van der Waals surface area contributed by atoms with Crippen molar-refractivity contribution in [3.8, 4) is 0 Å². The number of hydrogen-bond acceptors (Lipinski definition) is 5. The summed E-state index contributed by atoms with van der Waals surface area (Å²) in [6, 6.07) is 0. The third kappa shape index (κ3) is 9.22. The fraction of sp³-hybridized carbons (Fsp3) is 0.667. The van der Waals surface area contributed by atoms with Crippen LogP contribution < -0.4 is 28.7 Å². The number of nitrogens with two attached hydrogens (primary N) is 5. The van der Waals surface area contributed by atoms with Crippen LogP contribution in [0.3, 0.4) is 0 Å². The molecule has 0 rings (SSSR count). The van der Waals surface area contributed by atoms with Crippen LogP contribution in [0.1, 0.15) is 19.3 Å². The van der Waals surface area contributed by atoms with Crippen molar-refractivity contribution in [2.24, 2.45) is 28.7 Å². The lowest BCUT2D eigenvalue weighted by Crippen LogP contribution is -2.57. The first kappa shape index (κ1) is 10.2. The number of unbranched alkanes of at least 4 members (excludes halogenated alkanes) is 1. The molecular formula is C6H17N5. The van der Waals surface area contributed by atoms with Crippen molar-refractivity contribution < 1.29 is 0 Å². The van der Waals surface area contributed by atoms with Gasteiger partial charge < -0.3 is 28.7 Å². The average molecular weight is 159 g/mol. The normalized spacial score (nSPS) is 11.2. The van der Waals surface area contributed by atoms with Gasteiger partial charge in [0.2, 0.25) is 0 Å². The van der Waals surface area contributed by atoms with E-state index < -0.39 is 5.79 Å². The zero-order valence-electron chi connectivity index (χ0n) is 6.59. The summed E-state index contributed by atoms with van der Waals surface area (Å²) in [6.45, 7) is 0. The Labute approximate surface area is 66.6 Å². The van der Waals surface area contributed by atoms with Crippen molar-refractivity contribution in [2.75, 3.05) is 0 Å². The number of hydrogen-bond donors (Lipinski definition) is 5. The maximum atomic E-state index is 5.32. The molecule has 0 fully saturated rings. The van der Waals surface area contributed by atoms with Crippen molar-refractivity contribution in [1.29, 1.82) is 0 Å². The van der Waals surface area contributed by atoms with Crippen molar-refractivity contribution in [3.63, 3.8) is 0 Å². The number of allylic oxidation sites excluding steroid dienone is 1. The van der Waals surface area contributed by atoms with Crippen LogP contribution in [0.5, 0.6) is 0 Å². The summed E-state index contributed by atoms with van der Waals surface area (Å²) in [6.07, 6.45) is 3.82. The van der Waals surface area contributed by atoms with E-state index in [1.165, 1.54) is 0 Å². The van der Waals surface area contributed by atoms with Gasteiger partial charge in [0.05, 0.1) is 5.82 Å². The Morgan fingerprint density at radius 1 is 1.18 bits per heavy atom. The zero-order valence-corrected chi connectivity index (χ0v) is 6.59. The highest BCUT2D eigenvalue weighted by Crippen LogP contribution is 2.00. The summed E-state index contributed by atoms with van der Waals surface area (Å²) in [5, 5.41) is 0. The van der Waals surface area contributed by atoms with Gasteiger partial charge in [0, 0.05) is 0 Å². The third-order valence-corrected chi connectivity index (χ3v) is 1.19. The van der Waals surface area contributed by atoms with Crippen LogP contribution in [0.15, 0.2) is 11.9 Å². The van der Waals surface area contributed by atoms with Crippen LogP contribution in [-0.2, 0) is 0 Å². The molecule has 0 atom stereocenters. The van der Waals surface area contributed by atoms with E-state index in [0.717, 1.165) is 12.8 Å². The molecule has 0 aromatic rings. The lowest BCUT2D eigenvalue weighted by Gasteiger charge is -2.17. The van der Waals surface area contributed by atoms with Crippen LogP contribution in [0.2, 0.25) is 0 Å². The second kappa shape index (κ2) is 4.17. The molecule has 0 aromatic heterocycles. The fourth-order valence-electron chi connectivity index (χ4n) is 0.677. The lowest BCUT2D eigenvalue weighted by atomic mass is 10.1. The molecule has 5 nitrogen and oxygen atoms in total. The van der Waals surface area contributed by atoms with Gasteiger partial charge in [0.15, 0.2) is 0 Å². The molecule has 0 aromatic carbocycles. The Kier molecular flexibility index (Phi) is 3.88. The first-order chi connectivity index (χ1) is 4.92. The summed E-state index contributed by atoms with van der Waals surface area (Å²) in [5.41, 5.74) is 26.3. The van der Waals surface area contributed by atoms with Crippen LogP contribution in [0, 0.1) is 0 Å². The Morgan fingerprint density at radius 3 is 2.09 bits per heavy atom. The smallest absolute Gasteiger partial charge is 0.115 e. The van der Waals surface area contributed by atoms with Crippen molar-refractivity contribution in [3.05, 3.63) is 11.9 Å². The Morgan fingerprint density at radius 2 is 1.73 bits per heavy atom. The monoisotopic (exact) mass is 159 g/mol. The molecule has 11 heavy (non-hydrogen) atoms. The second-order valence-electron chi connectivity index (χ2n) is 2.71. The van der Waals surface area contributed by atoms with Crippen LogP contribution in [-0.4, -0.2) is 5.79 Å².